The molecule has 1 aliphatic rings. The molecule has 0 aromatic rings. The smallest absolute Gasteiger partial charge is 0.314 e. The van der Waals surface area contributed by atoms with Crippen molar-refractivity contribution in [2.24, 2.45) is 10.9 Å². The first-order valence-electron chi connectivity index (χ1n) is 7.30. The fourth-order valence-corrected chi connectivity index (χ4v) is 2.11. The number of amides is 3. The third kappa shape index (κ3) is 6.07. The quantitative estimate of drug-likeness (QED) is 0.545. The Kier molecular flexibility index (Phi) is 7.28. The standard InChI is InChI=1S/C15H23N3O4/c1-10-8-11(2)18-14(20)12(10)9-17-15(21)16-7-5-4-6-13(19)22-3/h8,12H,4-7,9H2,1-3H3,(H2,16,17,21). The van der Waals surface area contributed by atoms with Crippen LogP contribution in [0.15, 0.2) is 16.6 Å². The molecular weight excluding hydrogens is 286 g/mol. The molecule has 122 valence electrons. The number of nitrogens with zero attached hydrogens (tertiary/aromatic N) is 1. The van der Waals surface area contributed by atoms with Crippen LogP contribution in [0.4, 0.5) is 4.79 Å². The van der Waals surface area contributed by atoms with Crippen LogP contribution in [0.2, 0.25) is 0 Å². The molecule has 0 aromatic heterocycles. The first-order valence-corrected chi connectivity index (χ1v) is 7.30. The monoisotopic (exact) mass is 309 g/mol. The van der Waals surface area contributed by atoms with E-state index in [1.54, 1.807) is 6.92 Å². The van der Waals surface area contributed by atoms with Crippen molar-refractivity contribution in [3.8, 4) is 0 Å². The van der Waals surface area contributed by atoms with Gasteiger partial charge in [-0.2, -0.15) is 0 Å². The molecule has 1 aliphatic heterocycles. The Hall–Kier alpha value is -2.18. The number of unbranched alkanes of at least 4 members (excludes halogenated alkanes) is 1. The number of hydrogen-bond acceptors (Lipinski definition) is 4. The number of esters is 1. The molecule has 0 aromatic carbocycles. The summed E-state index contributed by atoms with van der Waals surface area (Å²) in [7, 11) is 1.35. The highest BCUT2D eigenvalue weighted by molar-refractivity contribution is 6.05. The molecule has 0 fully saturated rings. The average molecular weight is 309 g/mol. The molecule has 22 heavy (non-hydrogen) atoms. The minimum absolute atomic E-state index is 0.226. The van der Waals surface area contributed by atoms with Crippen molar-refractivity contribution >= 4 is 23.6 Å². The van der Waals surface area contributed by atoms with Crippen LogP contribution in [0.25, 0.3) is 0 Å². The average Bonchev–Trinajstić information content (AvgIpc) is 2.45. The van der Waals surface area contributed by atoms with Gasteiger partial charge in [0.05, 0.1) is 13.0 Å². The van der Waals surface area contributed by atoms with E-state index in [1.165, 1.54) is 7.11 Å². The van der Waals surface area contributed by atoms with Gasteiger partial charge in [0.15, 0.2) is 0 Å². The number of rotatable bonds is 7. The summed E-state index contributed by atoms with van der Waals surface area (Å²) < 4.78 is 4.52. The minimum atomic E-state index is -0.395. The predicted octanol–water partition coefficient (Wildman–Crippen LogP) is 1.19. The number of urea groups is 1. The van der Waals surface area contributed by atoms with Gasteiger partial charge in [-0.1, -0.05) is 5.57 Å². The van der Waals surface area contributed by atoms with Crippen LogP contribution < -0.4 is 10.6 Å². The number of carbonyl (C=O) groups excluding carboxylic acids is 3. The van der Waals surface area contributed by atoms with Crippen molar-refractivity contribution in [1.29, 1.82) is 0 Å². The largest absolute Gasteiger partial charge is 0.469 e. The molecule has 0 radical (unpaired) electrons. The fourth-order valence-electron chi connectivity index (χ4n) is 2.11. The number of nitrogens with one attached hydrogen (secondary N) is 2. The molecular formula is C15H23N3O4. The van der Waals surface area contributed by atoms with E-state index in [9.17, 15) is 14.4 Å². The lowest BCUT2D eigenvalue weighted by atomic mass is 9.96. The second-order valence-electron chi connectivity index (χ2n) is 5.20. The highest BCUT2D eigenvalue weighted by atomic mass is 16.5. The van der Waals surface area contributed by atoms with Crippen LogP contribution in [0.5, 0.6) is 0 Å². The SMILES string of the molecule is COC(=O)CCCCNC(=O)NCC1C(=O)N=C(C)C=C1C. The Balaban J connectivity index is 2.20. The lowest BCUT2D eigenvalue weighted by Crippen LogP contribution is -2.41. The van der Waals surface area contributed by atoms with Crippen LogP contribution in [-0.2, 0) is 14.3 Å². The van der Waals surface area contributed by atoms with E-state index in [0.717, 1.165) is 5.57 Å². The van der Waals surface area contributed by atoms with Gasteiger partial charge in [-0.05, 0) is 32.8 Å². The molecule has 2 N–H and O–H groups in total. The van der Waals surface area contributed by atoms with Crippen molar-refractivity contribution < 1.29 is 19.1 Å². The third-order valence-electron chi connectivity index (χ3n) is 3.36. The maximum absolute atomic E-state index is 11.8. The maximum atomic E-state index is 11.8. The minimum Gasteiger partial charge on any atom is -0.469 e. The van der Waals surface area contributed by atoms with Gasteiger partial charge in [0, 0.05) is 25.2 Å². The lowest BCUT2D eigenvalue weighted by molar-refractivity contribution is -0.140. The Morgan fingerprint density at radius 3 is 2.64 bits per heavy atom. The fraction of sp³-hybridized carbons (Fsp3) is 0.600. The van der Waals surface area contributed by atoms with E-state index in [-0.39, 0.29) is 24.5 Å². The maximum Gasteiger partial charge on any atom is 0.314 e. The molecule has 1 heterocycles. The van der Waals surface area contributed by atoms with Crippen LogP contribution >= 0.6 is 0 Å². The Bertz CT molecular complexity index is 497. The summed E-state index contributed by atoms with van der Waals surface area (Å²) in [6.45, 7) is 4.32. The second-order valence-corrected chi connectivity index (χ2v) is 5.20. The van der Waals surface area contributed by atoms with E-state index >= 15 is 0 Å². The van der Waals surface area contributed by atoms with Gasteiger partial charge in [0.1, 0.15) is 0 Å². The van der Waals surface area contributed by atoms with Crippen LogP contribution in [0.3, 0.4) is 0 Å². The molecule has 0 bridgehead atoms. The van der Waals surface area contributed by atoms with Gasteiger partial charge in [0.2, 0.25) is 0 Å². The van der Waals surface area contributed by atoms with Crippen molar-refractivity contribution in [3.05, 3.63) is 11.6 Å². The molecule has 7 nitrogen and oxygen atoms in total. The van der Waals surface area contributed by atoms with Crippen LogP contribution in [0, 0.1) is 5.92 Å². The summed E-state index contributed by atoms with van der Waals surface area (Å²) in [4.78, 5) is 38.2. The first kappa shape index (κ1) is 17.9. The lowest BCUT2D eigenvalue weighted by Gasteiger charge is -2.18. The van der Waals surface area contributed by atoms with E-state index in [2.05, 4.69) is 20.4 Å². The van der Waals surface area contributed by atoms with Gasteiger partial charge < -0.3 is 15.4 Å². The predicted molar refractivity (Wildman–Crippen MR) is 82.6 cm³/mol. The summed E-state index contributed by atoms with van der Waals surface area (Å²) in [6.07, 6.45) is 3.54. The van der Waals surface area contributed by atoms with Gasteiger partial charge in [0.25, 0.3) is 5.91 Å². The molecule has 7 heteroatoms. The molecule has 1 unspecified atom stereocenters. The number of allylic oxidation sites excluding steroid dienone is 1. The zero-order valence-electron chi connectivity index (χ0n) is 13.3. The highest BCUT2D eigenvalue weighted by Gasteiger charge is 2.23. The molecule has 1 rings (SSSR count). The summed E-state index contributed by atoms with van der Waals surface area (Å²) in [6, 6.07) is -0.329. The zero-order valence-corrected chi connectivity index (χ0v) is 13.3. The Morgan fingerprint density at radius 2 is 2.00 bits per heavy atom. The van der Waals surface area contributed by atoms with E-state index in [0.29, 0.717) is 31.5 Å². The topological polar surface area (TPSA) is 96.9 Å². The number of dihydropyridines is 1. The zero-order chi connectivity index (χ0) is 16.5. The van der Waals surface area contributed by atoms with E-state index in [4.69, 9.17) is 0 Å². The summed E-state index contributed by atoms with van der Waals surface area (Å²) >= 11 is 0. The first-order chi connectivity index (χ1) is 10.4. The van der Waals surface area contributed by atoms with Gasteiger partial charge in [-0.3, -0.25) is 9.59 Å². The van der Waals surface area contributed by atoms with Crippen molar-refractivity contribution in [2.75, 3.05) is 20.2 Å². The van der Waals surface area contributed by atoms with Crippen molar-refractivity contribution in [3.63, 3.8) is 0 Å². The van der Waals surface area contributed by atoms with Crippen LogP contribution in [0.1, 0.15) is 33.1 Å². The summed E-state index contributed by atoms with van der Waals surface area (Å²) in [5.41, 5.74) is 1.59. The summed E-state index contributed by atoms with van der Waals surface area (Å²) in [5.74, 6) is -0.872. The molecule has 0 aliphatic carbocycles. The van der Waals surface area contributed by atoms with Gasteiger partial charge in [-0.25, -0.2) is 9.79 Å². The molecule has 1 atom stereocenters. The van der Waals surface area contributed by atoms with Crippen LogP contribution in [-0.4, -0.2) is 43.8 Å². The van der Waals surface area contributed by atoms with Gasteiger partial charge >= 0.3 is 12.0 Å². The number of hydrogen-bond donors (Lipinski definition) is 2. The Morgan fingerprint density at radius 1 is 1.27 bits per heavy atom. The van der Waals surface area contributed by atoms with Gasteiger partial charge in [-0.15, -0.1) is 0 Å². The van der Waals surface area contributed by atoms with E-state index in [1.807, 2.05) is 13.0 Å². The van der Waals surface area contributed by atoms with E-state index < -0.39 is 5.92 Å². The molecule has 3 amide bonds. The third-order valence-corrected chi connectivity index (χ3v) is 3.36. The number of ether oxygens (including phenoxy) is 1. The Labute approximate surface area is 130 Å². The number of aliphatic imine (C=N–C) groups is 1. The molecule has 0 spiro atoms. The number of carbonyl (C=O) groups is 3. The highest BCUT2D eigenvalue weighted by Crippen LogP contribution is 2.16. The molecule has 0 saturated carbocycles. The molecule has 0 saturated heterocycles. The van der Waals surface area contributed by atoms with Crippen molar-refractivity contribution in [2.45, 2.75) is 33.1 Å². The van der Waals surface area contributed by atoms with Crippen molar-refractivity contribution in [1.82, 2.24) is 10.6 Å². The normalized spacial score (nSPS) is 17.4. The second kappa shape index (κ2) is 8.96. The summed E-state index contributed by atoms with van der Waals surface area (Å²) in [5, 5.41) is 5.35. The number of methoxy groups -OCH3 is 1.